The minimum atomic E-state index is -1.12. The molecular formula is C9H15Cl3N4O3. The molecule has 1 unspecified atom stereocenters. The second kappa shape index (κ2) is 8.29. The monoisotopic (exact) mass is 332 g/mol. The summed E-state index contributed by atoms with van der Waals surface area (Å²) in [5.41, 5.74) is -1.12. The summed E-state index contributed by atoms with van der Waals surface area (Å²) < 4.78 is 4.56. The Balaban J connectivity index is 4.90. The summed E-state index contributed by atoms with van der Waals surface area (Å²) in [6, 6.07) is -2.70. The van der Waals surface area contributed by atoms with Crippen LogP contribution >= 0.6 is 34.8 Å². The number of amidine groups is 1. The maximum atomic E-state index is 11.8. The van der Waals surface area contributed by atoms with Gasteiger partial charge >= 0.3 is 18.1 Å². The van der Waals surface area contributed by atoms with E-state index in [4.69, 9.17) is 40.2 Å². The number of imide groups is 1. The van der Waals surface area contributed by atoms with Crippen molar-refractivity contribution in [1.82, 2.24) is 15.5 Å². The number of carbonyl (C=O) groups excluding carboxylic acids is 2. The van der Waals surface area contributed by atoms with Crippen molar-refractivity contribution < 1.29 is 14.3 Å². The Morgan fingerprint density at radius 1 is 1.16 bits per heavy atom. The molecule has 0 rings (SSSR count). The Morgan fingerprint density at radius 2 is 1.63 bits per heavy atom. The van der Waals surface area contributed by atoms with E-state index in [-0.39, 0.29) is 6.04 Å². The zero-order valence-corrected chi connectivity index (χ0v) is 12.8. The number of alkyl halides is 3. The van der Waals surface area contributed by atoms with Crippen LogP contribution in [0.5, 0.6) is 0 Å². The lowest BCUT2D eigenvalue weighted by molar-refractivity contribution is 0.192. The lowest BCUT2D eigenvalue weighted by Crippen LogP contribution is -2.54. The van der Waals surface area contributed by atoms with Crippen LogP contribution in [0.2, 0.25) is 0 Å². The SMILES string of the molecule is COC(=N)N(C(=O)NC(C)C)C(=O)NC(Cl)C(Cl)Cl. The van der Waals surface area contributed by atoms with Gasteiger partial charge < -0.3 is 15.4 Å². The summed E-state index contributed by atoms with van der Waals surface area (Å²) in [4.78, 5) is 22.9. The zero-order chi connectivity index (χ0) is 15.2. The summed E-state index contributed by atoms with van der Waals surface area (Å²) in [5, 5.41) is 12.0. The van der Waals surface area contributed by atoms with E-state index in [9.17, 15) is 9.59 Å². The van der Waals surface area contributed by atoms with Crippen LogP contribution in [0.3, 0.4) is 0 Å². The van der Waals surface area contributed by atoms with Gasteiger partial charge in [-0.3, -0.25) is 5.41 Å². The maximum Gasteiger partial charge on any atom is 0.335 e. The third kappa shape index (κ3) is 6.17. The van der Waals surface area contributed by atoms with Crippen molar-refractivity contribution in [2.75, 3.05) is 7.11 Å². The fraction of sp³-hybridized carbons (Fsp3) is 0.667. The number of rotatable bonds is 3. The van der Waals surface area contributed by atoms with E-state index in [0.717, 1.165) is 7.11 Å². The standard InChI is InChI=1S/C9H15Cl3N4O3/c1-4(2)14-8(17)16(7(13)19-3)9(18)15-6(12)5(10)11/h4-6,13H,1-3H3,(H,14,17)(H,15,18). The molecule has 3 N–H and O–H groups in total. The lowest BCUT2D eigenvalue weighted by Gasteiger charge is -2.23. The van der Waals surface area contributed by atoms with Gasteiger partial charge in [0.05, 0.1) is 7.11 Å². The Bertz CT molecular complexity index is 352. The van der Waals surface area contributed by atoms with Gasteiger partial charge in [-0.25, -0.2) is 9.59 Å². The van der Waals surface area contributed by atoms with Crippen LogP contribution < -0.4 is 10.6 Å². The van der Waals surface area contributed by atoms with Crippen LogP contribution in [0, 0.1) is 5.41 Å². The van der Waals surface area contributed by atoms with Crippen molar-refractivity contribution in [3.05, 3.63) is 0 Å². The van der Waals surface area contributed by atoms with Gasteiger partial charge in [-0.05, 0) is 13.8 Å². The van der Waals surface area contributed by atoms with E-state index in [1.54, 1.807) is 13.8 Å². The van der Waals surface area contributed by atoms with E-state index in [0.29, 0.717) is 4.90 Å². The highest BCUT2D eigenvalue weighted by molar-refractivity contribution is 6.48. The highest BCUT2D eigenvalue weighted by Crippen LogP contribution is 2.12. The third-order valence-corrected chi connectivity index (χ3v) is 2.82. The van der Waals surface area contributed by atoms with E-state index in [1.807, 2.05) is 0 Å². The van der Waals surface area contributed by atoms with Gasteiger partial charge in [0, 0.05) is 6.04 Å². The predicted octanol–water partition coefficient (Wildman–Crippen LogP) is 2.07. The number of urea groups is 2. The van der Waals surface area contributed by atoms with Crippen molar-refractivity contribution >= 4 is 52.9 Å². The first-order chi connectivity index (χ1) is 8.70. The number of amides is 4. The largest absolute Gasteiger partial charge is 0.468 e. The molecule has 0 aliphatic rings. The highest BCUT2D eigenvalue weighted by atomic mass is 35.5. The van der Waals surface area contributed by atoms with Gasteiger partial charge in [-0.2, -0.15) is 4.90 Å². The Labute approximate surface area is 126 Å². The van der Waals surface area contributed by atoms with Crippen LogP contribution in [0.1, 0.15) is 13.8 Å². The molecule has 0 aliphatic heterocycles. The number of ether oxygens (including phenoxy) is 1. The zero-order valence-electron chi connectivity index (χ0n) is 10.5. The van der Waals surface area contributed by atoms with Crippen LogP contribution in [-0.4, -0.2) is 46.5 Å². The summed E-state index contributed by atoms with van der Waals surface area (Å²) >= 11 is 16.6. The van der Waals surface area contributed by atoms with Gasteiger partial charge in [0.2, 0.25) is 0 Å². The molecule has 4 amide bonds. The maximum absolute atomic E-state index is 11.8. The fourth-order valence-electron chi connectivity index (χ4n) is 0.925. The third-order valence-electron chi connectivity index (χ3n) is 1.70. The second-order valence-corrected chi connectivity index (χ2v) is 5.27. The molecule has 0 aromatic carbocycles. The van der Waals surface area contributed by atoms with Crippen molar-refractivity contribution in [2.24, 2.45) is 0 Å². The quantitative estimate of drug-likeness (QED) is 0.319. The molecule has 0 saturated carbocycles. The van der Waals surface area contributed by atoms with Crippen molar-refractivity contribution in [2.45, 2.75) is 30.2 Å². The van der Waals surface area contributed by atoms with Crippen LogP contribution in [-0.2, 0) is 4.74 Å². The highest BCUT2D eigenvalue weighted by Gasteiger charge is 2.30. The van der Waals surface area contributed by atoms with Crippen molar-refractivity contribution in [3.8, 4) is 0 Å². The van der Waals surface area contributed by atoms with E-state index >= 15 is 0 Å². The molecule has 0 aromatic heterocycles. The van der Waals surface area contributed by atoms with E-state index in [2.05, 4.69) is 15.4 Å². The van der Waals surface area contributed by atoms with Gasteiger partial charge in [0.1, 0.15) is 10.3 Å². The van der Waals surface area contributed by atoms with Crippen molar-refractivity contribution in [1.29, 1.82) is 5.41 Å². The molecule has 110 valence electrons. The molecule has 0 spiro atoms. The van der Waals surface area contributed by atoms with Crippen LogP contribution in [0.25, 0.3) is 0 Å². The summed E-state index contributed by atoms with van der Waals surface area (Å²) in [6.45, 7) is 3.39. The molecule has 7 nitrogen and oxygen atoms in total. The molecule has 0 saturated heterocycles. The molecule has 0 heterocycles. The predicted molar refractivity (Wildman–Crippen MR) is 73.9 cm³/mol. The Morgan fingerprint density at radius 3 is 2.00 bits per heavy atom. The summed E-state index contributed by atoms with van der Waals surface area (Å²) in [7, 11) is 1.15. The minimum Gasteiger partial charge on any atom is -0.468 e. The second-order valence-electron chi connectivity index (χ2n) is 3.63. The number of carbonyl (C=O) groups is 2. The number of hydrogen-bond acceptors (Lipinski definition) is 4. The topological polar surface area (TPSA) is 94.5 Å². The lowest BCUT2D eigenvalue weighted by atomic mass is 10.4. The number of hydrogen-bond donors (Lipinski definition) is 3. The molecule has 0 radical (unpaired) electrons. The Hall–Kier alpha value is -0.920. The van der Waals surface area contributed by atoms with Crippen LogP contribution in [0.15, 0.2) is 0 Å². The van der Waals surface area contributed by atoms with Gasteiger partial charge in [0.15, 0.2) is 0 Å². The van der Waals surface area contributed by atoms with Crippen molar-refractivity contribution in [3.63, 3.8) is 0 Å². The van der Waals surface area contributed by atoms with Gasteiger partial charge in [-0.1, -0.05) is 11.6 Å². The minimum absolute atomic E-state index is 0.229. The fourth-order valence-corrected chi connectivity index (χ4v) is 1.14. The molecule has 0 bridgehead atoms. The normalized spacial score (nSPS) is 12.0. The first kappa shape index (κ1) is 18.1. The number of halogens is 3. The number of methoxy groups -OCH3 is 1. The summed E-state index contributed by atoms with van der Waals surface area (Å²) in [5.74, 6) is 0. The first-order valence-electron chi connectivity index (χ1n) is 5.16. The molecule has 19 heavy (non-hydrogen) atoms. The van der Waals surface area contributed by atoms with E-state index < -0.39 is 28.4 Å². The molecule has 0 aromatic rings. The average Bonchev–Trinajstić information content (AvgIpc) is 2.27. The smallest absolute Gasteiger partial charge is 0.335 e. The number of nitrogens with zero attached hydrogens (tertiary/aromatic N) is 1. The summed E-state index contributed by atoms with van der Waals surface area (Å²) in [6.07, 6.45) is 0. The molecular weight excluding hydrogens is 318 g/mol. The van der Waals surface area contributed by atoms with Gasteiger partial charge in [-0.15, -0.1) is 23.2 Å². The molecule has 1 atom stereocenters. The molecule has 0 aliphatic carbocycles. The molecule has 0 fully saturated rings. The van der Waals surface area contributed by atoms with E-state index in [1.165, 1.54) is 0 Å². The van der Waals surface area contributed by atoms with Gasteiger partial charge in [0.25, 0.3) is 0 Å². The molecule has 10 heteroatoms. The first-order valence-corrected chi connectivity index (χ1v) is 6.47. The average molecular weight is 334 g/mol. The Kier molecular flexibility index (Phi) is 7.89. The number of nitrogens with one attached hydrogen (secondary N) is 3. The van der Waals surface area contributed by atoms with Crippen LogP contribution in [0.4, 0.5) is 9.59 Å².